The molecule has 0 aliphatic heterocycles. The Morgan fingerprint density at radius 3 is 0.704 bits per heavy atom. The van der Waals surface area contributed by atoms with Crippen LogP contribution < -0.4 is 10.4 Å². The monoisotopic (exact) mass is 834 g/mol. The summed E-state index contributed by atoms with van der Waals surface area (Å²) in [4.78, 5) is 0. The second-order valence-electron chi connectivity index (χ2n) is 11.1. The zero-order chi connectivity index (χ0) is 40.2. The lowest BCUT2D eigenvalue weighted by molar-refractivity contribution is 0.921. The number of halogens is 5. The molecular formula is C49H71Cl5. The van der Waals surface area contributed by atoms with Gasteiger partial charge in [0.25, 0.3) is 0 Å². The van der Waals surface area contributed by atoms with Crippen molar-refractivity contribution in [3.8, 4) is 0 Å². The van der Waals surface area contributed by atoms with Crippen LogP contribution in [0.1, 0.15) is 73.2 Å². The van der Waals surface area contributed by atoms with Crippen molar-refractivity contribution in [2.24, 2.45) is 0 Å². The van der Waals surface area contributed by atoms with Gasteiger partial charge in [-0.05, 0) is 96.2 Å². The summed E-state index contributed by atoms with van der Waals surface area (Å²) < 4.78 is 0. The van der Waals surface area contributed by atoms with Crippen LogP contribution in [0.4, 0.5) is 0 Å². The second kappa shape index (κ2) is 43.0. The minimum Gasteiger partial charge on any atom is -0.130 e. The Labute approximate surface area is 358 Å². The molecule has 0 aromatic heterocycles. The second-order valence-corrected chi connectivity index (χ2v) is 11.1. The first-order valence-corrected chi connectivity index (χ1v) is 21.0. The van der Waals surface area contributed by atoms with Gasteiger partial charge in [-0.25, -0.2) is 0 Å². The highest BCUT2D eigenvalue weighted by Crippen LogP contribution is 2.15. The maximum Gasteiger partial charge on any atom is 0.0108 e. The Bertz CT molecular complexity index is 1370. The van der Waals surface area contributed by atoms with E-state index in [1.54, 1.807) is 0 Å². The Kier molecular flexibility index (Phi) is 48.2. The van der Waals surface area contributed by atoms with Crippen molar-refractivity contribution >= 4 is 71.2 Å². The fourth-order valence-corrected chi connectivity index (χ4v) is 4.51. The van der Waals surface area contributed by atoms with Crippen LogP contribution in [0.25, 0.3) is 13.2 Å². The van der Waals surface area contributed by atoms with Gasteiger partial charge in [0.15, 0.2) is 0 Å². The highest BCUT2D eigenvalue weighted by atomic mass is 35.5. The number of hydrogen-bond acceptors (Lipinski definition) is 0. The largest absolute Gasteiger partial charge is 0.130 e. The zero-order valence-corrected chi connectivity index (χ0v) is 36.9. The van der Waals surface area contributed by atoms with Crippen molar-refractivity contribution in [2.45, 2.75) is 81.1 Å². The van der Waals surface area contributed by atoms with Crippen LogP contribution >= 0.6 is 58.0 Å². The molecule has 4 aliphatic carbocycles. The minimum atomic E-state index is 0. The predicted octanol–water partition coefficient (Wildman–Crippen LogP) is 14.7. The molecule has 0 nitrogen and oxygen atoms in total. The van der Waals surface area contributed by atoms with Crippen molar-refractivity contribution < 1.29 is 0 Å². The van der Waals surface area contributed by atoms with Gasteiger partial charge < -0.3 is 0 Å². The summed E-state index contributed by atoms with van der Waals surface area (Å²) in [5.74, 6) is 0. The van der Waals surface area contributed by atoms with Gasteiger partial charge in [0.2, 0.25) is 0 Å². The maximum absolute atomic E-state index is 4.64. The van der Waals surface area contributed by atoms with Crippen LogP contribution in [0, 0.1) is 13.8 Å². The average molecular weight is 837 g/mol. The third-order valence-corrected chi connectivity index (χ3v) is 7.53. The Hall–Kier alpha value is -2.71. The van der Waals surface area contributed by atoms with Gasteiger partial charge >= 0.3 is 0 Å². The van der Waals surface area contributed by atoms with Gasteiger partial charge in [0.1, 0.15) is 0 Å². The lowest BCUT2D eigenvalue weighted by Gasteiger charge is -2.09. The molecule has 0 radical (unpaired) electrons. The van der Waals surface area contributed by atoms with E-state index < -0.39 is 0 Å². The molecule has 0 unspecified atom stereocenters. The van der Waals surface area contributed by atoms with Crippen LogP contribution in [-0.2, 0) is 38.5 Å². The van der Waals surface area contributed by atoms with Crippen molar-refractivity contribution in [1.29, 1.82) is 0 Å². The number of rotatable bonds is 2. The predicted molar refractivity (Wildman–Crippen MR) is 258 cm³/mol. The highest BCUT2D eigenvalue weighted by Gasteiger charge is 2.02. The molecule has 0 heterocycles. The number of benzene rings is 5. The smallest absolute Gasteiger partial charge is 0.0108 e. The summed E-state index contributed by atoms with van der Waals surface area (Å²) in [7, 11) is 0. The van der Waals surface area contributed by atoms with E-state index in [9.17, 15) is 0 Å². The van der Waals surface area contributed by atoms with Crippen LogP contribution in [-0.4, -0.2) is 31.9 Å². The van der Waals surface area contributed by atoms with Crippen LogP contribution in [0.2, 0.25) is 0 Å². The molecule has 9 rings (SSSR count). The fourth-order valence-electron chi connectivity index (χ4n) is 4.51. The van der Waals surface area contributed by atoms with E-state index in [4.69, 9.17) is 0 Å². The summed E-state index contributed by atoms with van der Waals surface area (Å²) >= 11 is 23.2. The first-order valence-electron chi connectivity index (χ1n) is 17.2. The molecule has 54 heavy (non-hydrogen) atoms. The van der Waals surface area contributed by atoms with Crippen LogP contribution in [0.15, 0.2) is 121 Å². The fraction of sp³-hybridized carbons (Fsp3) is 0.347. The molecule has 5 heteroatoms. The van der Waals surface area contributed by atoms with E-state index in [1.807, 2.05) is 24.3 Å². The molecule has 4 bridgehead atoms. The standard InChI is InChI=1S/C16H16.C10H14.C8H10.C8H8.5CH3Cl.2CH4/c1-2-14-4-3-13(1)9-10-15-5-7-16(8-6-15)12-11-14;1-3-9-5-7-10(4-2)8-6-9;2*1-7-3-5-8(2)6-4-7;5*1-2;;/h1-8H,9-12H2;5-8H,3-4H2,1-2H3;3-6H,1-2H3;3-6H,1-2H2;5*1H3;2*1H4. The molecular weight excluding hydrogens is 766 g/mol. The van der Waals surface area contributed by atoms with E-state index in [0.717, 1.165) is 49.0 Å². The normalized spacial score (nSPS) is 9.37. The van der Waals surface area contributed by atoms with Gasteiger partial charge in [0.05, 0.1) is 0 Å². The molecule has 0 saturated carbocycles. The molecule has 0 fully saturated rings. The summed E-state index contributed by atoms with van der Waals surface area (Å²) in [6.45, 7) is 16.0. The molecule has 0 spiro atoms. The van der Waals surface area contributed by atoms with Crippen molar-refractivity contribution in [3.05, 3.63) is 176 Å². The van der Waals surface area contributed by atoms with E-state index in [-0.39, 0.29) is 14.9 Å². The first kappa shape index (κ1) is 60.5. The molecule has 0 N–H and O–H groups in total. The van der Waals surface area contributed by atoms with E-state index in [2.05, 4.69) is 196 Å². The quantitative estimate of drug-likeness (QED) is 0.155. The highest BCUT2D eigenvalue weighted by molar-refractivity contribution is 6.15. The summed E-state index contributed by atoms with van der Waals surface area (Å²) in [6, 6.07) is 43.3. The third-order valence-electron chi connectivity index (χ3n) is 7.53. The van der Waals surface area contributed by atoms with E-state index in [0.29, 0.717) is 0 Å². The minimum absolute atomic E-state index is 0. The van der Waals surface area contributed by atoms with E-state index >= 15 is 0 Å². The van der Waals surface area contributed by atoms with Crippen molar-refractivity contribution in [1.82, 2.24) is 0 Å². The Morgan fingerprint density at radius 2 is 0.537 bits per heavy atom. The summed E-state index contributed by atoms with van der Waals surface area (Å²) in [5, 5.41) is 2.08. The topological polar surface area (TPSA) is 0 Å². The molecule has 5 aromatic rings. The summed E-state index contributed by atoms with van der Waals surface area (Å²) in [5.41, 5.74) is 11.3. The van der Waals surface area contributed by atoms with Gasteiger partial charge in [-0.1, -0.05) is 174 Å². The van der Waals surface area contributed by atoms with E-state index in [1.165, 1.54) is 76.4 Å². The molecule has 0 amide bonds. The van der Waals surface area contributed by atoms with Crippen molar-refractivity contribution in [2.75, 3.05) is 31.9 Å². The number of aryl methyl sites for hydroxylation is 8. The lowest BCUT2D eigenvalue weighted by Crippen LogP contribution is -2.02. The van der Waals surface area contributed by atoms with Gasteiger partial charge in [0, 0.05) is 31.9 Å². The number of alkyl halides is 5. The molecule has 0 atom stereocenters. The SMILES string of the molecule is C.C.C=c1ccc(=C)cc1.CCc1ccc(CC)cc1.CCl.CCl.CCl.CCl.CCl.Cc1ccc(C)cc1.c1cc2ccc1CCc1ccc(cc1)CC2. The van der Waals surface area contributed by atoms with Crippen LogP contribution in [0.5, 0.6) is 0 Å². The molecule has 302 valence electrons. The number of hydrogen-bond donors (Lipinski definition) is 0. The molecule has 4 aliphatic rings. The van der Waals surface area contributed by atoms with Gasteiger partial charge in [-0.2, -0.15) is 0 Å². The average Bonchev–Trinajstić information content (AvgIpc) is 3.23. The first-order chi connectivity index (χ1) is 25.3. The van der Waals surface area contributed by atoms with Gasteiger partial charge in [-0.3, -0.25) is 0 Å². The third kappa shape index (κ3) is 30.6. The van der Waals surface area contributed by atoms with Gasteiger partial charge in [-0.15, -0.1) is 58.0 Å². The maximum atomic E-state index is 4.64. The summed E-state index contributed by atoms with van der Waals surface area (Å²) in [6.07, 6.45) is 14.3. The van der Waals surface area contributed by atoms with Crippen molar-refractivity contribution in [3.63, 3.8) is 0 Å². The lowest BCUT2D eigenvalue weighted by atomic mass is 9.97. The molecule has 5 aromatic carbocycles. The van der Waals surface area contributed by atoms with Crippen LogP contribution in [0.3, 0.4) is 0 Å². The Balaban J connectivity index is -0.000000187. The Morgan fingerprint density at radius 1 is 0.352 bits per heavy atom. The zero-order valence-electron chi connectivity index (χ0n) is 33.1. The molecule has 0 saturated heterocycles.